The smallest absolute Gasteiger partial charge is 0.422 e. The summed E-state index contributed by atoms with van der Waals surface area (Å²) in [5.41, 5.74) is 5.56. The van der Waals surface area contributed by atoms with Crippen LogP contribution < -0.4 is 15.8 Å². The van der Waals surface area contributed by atoms with Crippen LogP contribution in [0.4, 0.5) is 13.2 Å². The number of hydrogen-bond acceptors (Lipinski definition) is 3. The molecule has 1 amide bonds. The maximum Gasteiger partial charge on any atom is 0.422 e. The minimum absolute atomic E-state index is 0.0735. The average molecular weight is 262 g/mol. The number of benzene rings is 1. The Hall–Kier alpha value is -1.76. The van der Waals surface area contributed by atoms with Crippen LogP contribution in [0, 0.1) is 0 Å². The summed E-state index contributed by atoms with van der Waals surface area (Å²) in [5, 5.41) is 2.46. The normalized spacial score (nSPS) is 11.1. The van der Waals surface area contributed by atoms with Gasteiger partial charge in [0.1, 0.15) is 5.75 Å². The van der Waals surface area contributed by atoms with Gasteiger partial charge in [-0.3, -0.25) is 4.79 Å². The maximum absolute atomic E-state index is 12.0. The van der Waals surface area contributed by atoms with Crippen molar-refractivity contribution in [2.75, 3.05) is 13.2 Å². The second-order valence-corrected chi connectivity index (χ2v) is 3.49. The van der Waals surface area contributed by atoms with Gasteiger partial charge in [-0.2, -0.15) is 13.2 Å². The second kappa shape index (κ2) is 6.25. The van der Waals surface area contributed by atoms with Crippen molar-refractivity contribution >= 4 is 5.91 Å². The fourth-order valence-electron chi connectivity index (χ4n) is 1.22. The number of hydrogen-bond donors (Lipinski definition) is 2. The van der Waals surface area contributed by atoms with Crippen LogP contribution in [0.2, 0.25) is 0 Å². The van der Waals surface area contributed by atoms with E-state index >= 15 is 0 Å². The molecule has 3 N–H and O–H groups in total. The van der Waals surface area contributed by atoms with Crippen molar-refractivity contribution in [1.82, 2.24) is 5.32 Å². The minimum Gasteiger partial charge on any atom is -0.484 e. The maximum atomic E-state index is 12.0. The van der Waals surface area contributed by atoms with Gasteiger partial charge >= 0.3 is 6.18 Å². The number of amides is 1. The highest BCUT2D eigenvalue weighted by Crippen LogP contribution is 2.21. The molecule has 0 aliphatic carbocycles. The lowest BCUT2D eigenvalue weighted by atomic mass is 10.2. The molecular formula is C11H13F3N2O2. The molecule has 0 heterocycles. The van der Waals surface area contributed by atoms with Crippen molar-refractivity contribution in [2.45, 2.75) is 12.7 Å². The van der Waals surface area contributed by atoms with Gasteiger partial charge in [0.2, 0.25) is 5.91 Å². The third-order valence-electron chi connectivity index (χ3n) is 2.03. The Morgan fingerprint density at radius 3 is 2.61 bits per heavy atom. The van der Waals surface area contributed by atoms with Crippen molar-refractivity contribution in [3.8, 4) is 5.75 Å². The Morgan fingerprint density at radius 2 is 2.00 bits per heavy atom. The van der Waals surface area contributed by atoms with Crippen LogP contribution in [0.1, 0.15) is 5.56 Å². The summed E-state index contributed by atoms with van der Waals surface area (Å²) < 4.78 is 40.8. The Balaban J connectivity index is 2.64. The monoisotopic (exact) mass is 262 g/mol. The van der Waals surface area contributed by atoms with Crippen LogP contribution in [0.25, 0.3) is 0 Å². The third-order valence-corrected chi connectivity index (χ3v) is 2.03. The summed E-state index contributed by atoms with van der Waals surface area (Å²) in [6.45, 7) is -1.47. The van der Waals surface area contributed by atoms with Crippen molar-refractivity contribution < 1.29 is 22.7 Å². The van der Waals surface area contributed by atoms with Gasteiger partial charge in [0.15, 0.2) is 6.61 Å². The van der Waals surface area contributed by atoms with Crippen LogP contribution in [0.5, 0.6) is 5.75 Å². The SMILES string of the molecule is NCC(=O)NCc1ccccc1OCC(F)(F)F. The average Bonchev–Trinajstić information content (AvgIpc) is 2.33. The summed E-state index contributed by atoms with van der Waals surface area (Å²) in [5.74, 6) is -0.298. The summed E-state index contributed by atoms with van der Waals surface area (Å²) in [6, 6.07) is 6.18. The molecule has 0 radical (unpaired) electrons. The first-order valence-electron chi connectivity index (χ1n) is 5.16. The fourth-order valence-corrected chi connectivity index (χ4v) is 1.22. The van der Waals surface area contributed by atoms with Gasteiger partial charge in [0, 0.05) is 12.1 Å². The number of ether oxygens (including phenoxy) is 1. The number of alkyl halides is 3. The molecule has 0 unspecified atom stereocenters. The summed E-state index contributed by atoms with van der Waals surface area (Å²) >= 11 is 0. The molecule has 7 heteroatoms. The predicted molar refractivity (Wildman–Crippen MR) is 58.9 cm³/mol. The zero-order valence-corrected chi connectivity index (χ0v) is 9.46. The molecule has 1 rings (SSSR count). The summed E-state index contributed by atoms with van der Waals surface area (Å²) in [4.78, 5) is 11.0. The molecular weight excluding hydrogens is 249 g/mol. The van der Waals surface area contributed by atoms with Crippen molar-refractivity contribution in [2.24, 2.45) is 5.73 Å². The molecule has 1 aromatic rings. The first-order chi connectivity index (χ1) is 8.42. The molecule has 0 saturated carbocycles. The van der Waals surface area contributed by atoms with E-state index in [0.29, 0.717) is 5.56 Å². The van der Waals surface area contributed by atoms with E-state index in [9.17, 15) is 18.0 Å². The van der Waals surface area contributed by atoms with Crippen LogP contribution >= 0.6 is 0 Å². The number of nitrogens with two attached hydrogens (primary N) is 1. The molecule has 0 fully saturated rings. The number of halogens is 3. The molecule has 0 bridgehead atoms. The van der Waals surface area contributed by atoms with E-state index in [2.05, 4.69) is 10.1 Å². The lowest BCUT2D eigenvalue weighted by molar-refractivity contribution is -0.153. The van der Waals surface area contributed by atoms with Gasteiger partial charge in [-0.25, -0.2) is 0 Å². The topological polar surface area (TPSA) is 64.4 Å². The zero-order chi connectivity index (χ0) is 13.6. The number of rotatable bonds is 5. The van der Waals surface area contributed by atoms with Gasteiger partial charge in [-0.05, 0) is 6.07 Å². The Bertz CT molecular complexity index is 408. The zero-order valence-electron chi connectivity index (χ0n) is 9.46. The minimum atomic E-state index is -4.40. The predicted octanol–water partition coefficient (Wildman–Crippen LogP) is 1.20. The van der Waals surface area contributed by atoms with Gasteiger partial charge < -0.3 is 15.8 Å². The van der Waals surface area contributed by atoms with E-state index in [-0.39, 0.29) is 24.7 Å². The second-order valence-electron chi connectivity index (χ2n) is 3.49. The van der Waals surface area contributed by atoms with E-state index in [1.54, 1.807) is 18.2 Å². The molecule has 100 valence electrons. The first kappa shape index (κ1) is 14.3. The van der Waals surface area contributed by atoms with Crippen molar-refractivity contribution in [3.63, 3.8) is 0 Å². The van der Waals surface area contributed by atoms with Crippen LogP contribution in [-0.4, -0.2) is 25.2 Å². The van der Waals surface area contributed by atoms with Crippen LogP contribution in [0.15, 0.2) is 24.3 Å². The third kappa shape index (κ3) is 5.05. The highest BCUT2D eigenvalue weighted by molar-refractivity contribution is 5.77. The van der Waals surface area contributed by atoms with E-state index in [1.807, 2.05) is 0 Å². The largest absolute Gasteiger partial charge is 0.484 e. The lowest BCUT2D eigenvalue weighted by Gasteiger charge is -2.13. The van der Waals surface area contributed by atoms with Crippen molar-refractivity contribution in [1.29, 1.82) is 0 Å². The van der Waals surface area contributed by atoms with Gasteiger partial charge in [0.25, 0.3) is 0 Å². The first-order valence-corrected chi connectivity index (χ1v) is 5.16. The van der Waals surface area contributed by atoms with Crippen LogP contribution in [0.3, 0.4) is 0 Å². The molecule has 18 heavy (non-hydrogen) atoms. The lowest BCUT2D eigenvalue weighted by Crippen LogP contribution is -2.30. The molecule has 0 aliphatic heterocycles. The Morgan fingerprint density at radius 1 is 1.33 bits per heavy atom. The number of carbonyl (C=O) groups excluding carboxylic acids is 1. The molecule has 0 saturated heterocycles. The number of carbonyl (C=O) groups is 1. The standard InChI is InChI=1S/C11H13F3N2O2/c12-11(13,14)7-18-9-4-2-1-3-8(9)6-16-10(17)5-15/h1-4H,5-7,15H2,(H,16,17). The highest BCUT2D eigenvalue weighted by Gasteiger charge is 2.28. The van der Waals surface area contributed by atoms with Crippen LogP contribution in [-0.2, 0) is 11.3 Å². The number of para-hydroxylation sites is 1. The summed E-state index contributed by atoms with van der Waals surface area (Å²) in [6.07, 6.45) is -4.40. The molecule has 0 aromatic heterocycles. The van der Waals surface area contributed by atoms with E-state index in [4.69, 9.17) is 5.73 Å². The van der Waals surface area contributed by atoms with E-state index in [0.717, 1.165) is 0 Å². The van der Waals surface area contributed by atoms with Gasteiger partial charge in [0.05, 0.1) is 6.54 Å². The molecule has 0 aliphatic rings. The molecule has 1 aromatic carbocycles. The van der Waals surface area contributed by atoms with E-state index in [1.165, 1.54) is 6.07 Å². The molecule has 0 spiro atoms. The molecule has 0 atom stereocenters. The van der Waals surface area contributed by atoms with E-state index < -0.39 is 12.8 Å². The fraction of sp³-hybridized carbons (Fsp3) is 0.364. The quantitative estimate of drug-likeness (QED) is 0.838. The Labute approximate surface area is 102 Å². The Kier molecular flexibility index (Phi) is 4.96. The summed E-state index contributed by atoms with van der Waals surface area (Å²) in [7, 11) is 0. The van der Waals surface area contributed by atoms with Gasteiger partial charge in [-0.1, -0.05) is 18.2 Å². The molecule has 4 nitrogen and oxygen atoms in total. The van der Waals surface area contributed by atoms with Crippen molar-refractivity contribution in [3.05, 3.63) is 29.8 Å². The highest BCUT2D eigenvalue weighted by atomic mass is 19.4. The van der Waals surface area contributed by atoms with Gasteiger partial charge in [-0.15, -0.1) is 0 Å². The number of nitrogens with one attached hydrogen (secondary N) is 1.